The molecule has 0 unspecified atom stereocenters. The number of carbonyl (C=O) groups is 3. The highest BCUT2D eigenvalue weighted by molar-refractivity contribution is 8.01. The zero-order valence-corrected chi connectivity index (χ0v) is 21.9. The van der Waals surface area contributed by atoms with Gasteiger partial charge in [-0.15, -0.1) is 11.8 Å². The number of esters is 1. The maximum atomic E-state index is 13.9. The summed E-state index contributed by atoms with van der Waals surface area (Å²) in [5.74, 6) is -1.01. The largest absolute Gasteiger partial charge is 0.451 e. The van der Waals surface area contributed by atoms with Crippen LogP contribution in [0.2, 0.25) is 0 Å². The number of ketones is 1. The molecule has 3 aliphatic rings. The van der Waals surface area contributed by atoms with Crippen LogP contribution in [0.25, 0.3) is 0 Å². The number of benzene rings is 3. The van der Waals surface area contributed by atoms with Gasteiger partial charge < -0.3 is 9.64 Å². The number of hydrogen-bond donors (Lipinski definition) is 0. The number of fused-ring (bicyclic) bond motifs is 2. The van der Waals surface area contributed by atoms with E-state index in [1.165, 1.54) is 0 Å². The number of rotatable bonds is 6. The summed E-state index contributed by atoms with van der Waals surface area (Å²) in [6, 6.07) is 28.4. The molecule has 37 heavy (non-hydrogen) atoms. The predicted molar refractivity (Wildman–Crippen MR) is 143 cm³/mol. The molecule has 188 valence electrons. The van der Waals surface area contributed by atoms with E-state index in [0.717, 1.165) is 16.7 Å². The molecule has 6 rings (SSSR count). The molecule has 2 aliphatic heterocycles. The van der Waals surface area contributed by atoms with E-state index in [0.29, 0.717) is 0 Å². The highest BCUT2D eigenvalue weighted by Gasteiger charge is 2.86. The fourth-order valence-corrected chi connectivity index (χ4v) is 8.37. The zero-order valence-electron chi connectivity index (χ0n) is 21.0. The van der Waals surface area contributed by atoms with E-state index in [4.69, 9.17) is 4.74 Å². The molecule has 0 bridgehead atoms. The number of β-lactam (4-membered cyclic amide) rings is 1. The second-order valence-corrected chi connectivity index (χ2v) is 12.5. The standard InChI is InChI=1S/C31H29NO4S/c1-19(33)23-24(20-13-7-4-8-14-20)31(23)28(35)32-26(30(2,3)37-29(31)32)27(34)36-25(21-15-9-5-10-16-21)22-17-11-6-12-18-22/h4-18,23-26,29H,1-3H3/t23-,24+,26-,29+,31+/m0/s1. The van der Waals surface area contributed by atoms with Crippen LogP contribution < -0.4 is 0 Å². The van der Waals surface area contributed by atoms with E-state index in [1.807, 2.05) is 105 Å². The average molecular weight is 512 g/mol. The maximum absolute atomic E-state index is 13.9. The molecular weight excluding hydrogens is 482 g/mol. The maximum Gasteiger partial charge on any atom is 0.331 e. The van der Waals surface area contributed by atoms with Gasteiger partial charge in [0, 0.05) is 16.6 Å². The lowest BCUT2D eigenvalue weighted by Crippen LogP contribution is -2.65. The highest BCUT2D eigenvalue weighted by Crippen LogP contribution is 2.78. The van der Waals surface area contributed by atoms with Gasteiger partial charge in [0.2, 0.25) is 5.91 Å². The monoisotopic (exact) mass is 511 g/mol. The Morgan fingerprint density at radius 2 is 1.38 bits per heavy atom. The summed E-state index contributed by atoms with van der Waals surface area (Å²) in [4.78, 5) is 42.2. The van der Waals surface area contributed by atoms with Crippen LogP contribution in [-0.4, -0.2) is 38.7 Å². The normalized spacial score (nSPS) is 29.1. The van der Waals surface area contributed by atoms with Crippen molar-refractivity contribution in [2.75, 3.05) is 0 Å². The predicted octanol–water partition coefficient (Wildman–Crippen LogP) is 5.37. The molecule has 6 heteroatoms. The summed E-state index contributed by atoms with van der Waals surface area (Å²) >= 11 is 1.62. The van der Waals surface area contributed by atoms with Gasteiger partial charge in [-0.25, -0.2) is 4.79 Å². The Morgan fingerprint density at radius 1 is 0.865 bits per heavy atom. The zero-order chi connectivity index (χ0) is 25.9. The van der Waals surface area contributed by atoms with Crippen molar-refractivity contribution in [3.63, 3.8) is 0 Å². The van der Waals surface area contributed by atoms with Gasteiger partial charge in [0.05, 0.1) is 10.8 Å². The number of carbonyl (C=O) groups excluding carboxylic acids is 3. The molecule has 5 atom stereocenters. The van der Waals surface area contributed by atoms with Crippen LogP contribution in [0.15, 0.2) is 91.0 Å². The summed E-state index contributed by atoms with van der Waals surface area (Å²) in [6.45, 7) is 5.56. The molecule has 0 aromatic heterocycles. The molecule has 1 saturated carbocycles. The van der Waals surface area contributed by atoms with Crippen LogP contribution in [0.1, 0.15) is 49.5 Å². The van der Waals surface area contributed by atoms with Crippen LogP contribution in [0.5, 0.6) is 0 Å². The van der Waals surface area contributed by atoms with Crippen molar-refractivity contribution in [1.82, 2.24) is 4.90 Å². The lowest BCUT2D eigenvalue weighted by Gasteiger charge is -2.46. The topological polar surface area (TPSA) is 63.7 Å². The molecule has 3 aromatic carbocycles. The summed E-state index contributed by atoms with van der Waals surface area (Å²) in [6.07, 6.45) is -0.581. The average Bonchev–Trinajstić information content (AvgIpc) is 3.57. The molecule has 0 radical (unpaired) electrons. The first kappa shape index (κ1) is 24.0. The first-order chi connectivity index (χ1) is 17.8. The molecule has 5 nitrogen and oxygen atoms in total. The van der Waals surface area contributed by atoms with Gasteiger partial charge in [-0.3, -0.25) is 9.59 Å². The van der Waals surface area contributed by atoms with E-state index in [9.17, 15) is 14.4 Å². The fraction of sp³-hybridized carbons (Fsp3) is 0.323. The quantitative estimate of drug-likeness (QED) is 0.329. The van der Waals surface area contributed by atoms with Gasteiger partial charge in [-0.05, 0) is 37.5 Å². The van der Waals surface area contributed by atoms with Crippen LogP contribution in [0, 0.1) is 11.3 Å². The van der Waals surface area contributed by atoms with Gasteiger partial charge in [0.25, 0.3) is 0 Å². The Labute approximate surface area is 221 Å². The van der Waals surface area contributed by atoms with E-state index in [-0.39, 0.29) is 28.9 Å². The Bertz CT molecular complexity index is 1320. The summed E-state index contributed by atoms with van der Waals surface area (Å²) in [5, 5.41) is -0.237. The number of Topliss-reactive ketones (excluding diaryl/α,β-unsaturated/α-hetero) is 1. The summed E-state index contributed by atoms with van der Waals surface area (Å²) in [7, 11) is 0. The summed E-state index contributed by atoms with van der Waals surface area (Å²) < 4.78 is 5.64. The third-order valence-corrected chi connectivity index (χ3v) is 9.80. The van der Waals surface area contributed by atoms with E-state index < -0.39 is 28.3 Å². The fourth-order valence-electron chi connectivity index (χ4n) is 6.54. The van der Waals surface area contributed by atoms with Crippen molar-refractivity contribution < 1.29 is 19.1 Å². The van der Waals surface area contributed by atoms with Gasteiger partial charge in [0.15, 0.2) is 6.10 Å². The van der Waals surface area contributed by atoms with Crippen LogP contribution in [0.3, 0.4) is 0 Å². The van der Waals surface area contributed by atoms with Crippen molar-refractivity contribution in [2.24, 2.45) is 11.3 Å². The highest BCUT2D eigenvalue weighted by atomic mass is 32.2. The minimum atomic E-state index is -0.775. The number of ether oxygens (including phenoxy) is 1. The molecule has 3 aromatic rings. The SMILES string of the molecule is CC(=O)[C@H]1[C@@H](c2ccccc2)[C@@]12C(=O)N1[C@@H](C(=O)OC(c3ccccc3)c3ccccc3)C(C)(C)S[C@@H]12. The number of nitrogens with zero attached hydrogens (tertiary/aromatic N) is 1. The van der Waals surface area contributed by atoms with Crippen LogP contribution in [0.4, 0.5) is 0 Å². The van der Waals surface area contributed by atoms with Crippen molar-refractivity contribution in [1.29, 1.82) is 0 Å². The van der Waals surface area contributed by atoms with Crippen LogP contribution >= 0.6 is 11.8 Å². The third kappa shape index (κ3) is 3.49. The van der Waals surface area contributed by atoms with Crippen molar-refractivity contribution in [3.05, 3.63) is 108 Å². The second-order valence-electron chi connectivity index (χ2n) is 10.7. The second kappa shape index (κ2) is 8.59. The van der Waals surface area contributed by atoms with Crippen LogP contribution in [-0.2, 0) is 19.1 Å². The molecule has 1 spiro atoms. The Morgan fingerprint density at radius 3 is 1.89 bits per heavy atom. The Kier molecular flexibility index (Phi) is 5.57. The lowest BCUT2D eigenvalue weighted by molar-refractivity contribution is -0.172. The van der Waals surface area contributed by atoms with E-state index in [1.54, 1.807) is 23.6 Å². The third-order valence-electron chi connectivity index (χ3n) is 8.13. The molecular formula is C31H29NO4S. The van der Waals surface area contributed by atoms with Gasteiger partial charge in [0.1, 0.15) is 11.8 Å². The van der Waals surface area contributed by atoms with Gasteiger partial charge in [-0.1, -0.05) is 91.0 Å². The Balaban J connectivity index is 1.31. The van der Waals surface area contributed by atoms with Crippen molar-refractivity contribution in [2.45, 2.75) is 49.0 Å². The first-order valence-corrected chi connectivity index (χ1v) is 13.5. The number of amides is 1. The number of thioether (sulfide) groups is 1. The van der Waals surface area contributed by atoms with E-state index >= 15 is 0 Å². The minimum Gasteiger partial charge on any atom is -0.451 e. The van der Waals surface area contributed by atoms with Gasteiger partial charge >= 0.3 is 5.97 Å². The van der Waals surface area contributed by atoms with Gasteiger partial charge in [-0.2, -0.15) is 0 Å². The molecule has 1 amide bonds. The first-order valence-electron chi connectivity index (χ1n) is 12.6. The molecule has 2 saturated heterocycles. The summed E-state index contributed by atoms with van der Waals surface area (Å²) in [5.41, 5.74) is 1.98. The molecule has 3 fully saturated rings. The molecule has 0 N–H and O–H groups in total. The Hall–Kier alpha value is -3.38. The smallest absolute Gasteiger partial charge is 0.331 e. The van der Waals surface area contributed by atoms with Crippen molar-refractivity contribution >= 4 is 29.4 Å². The molecule has 2 heterocycles. The lowest BCUT2D eigenvalue weighted by atomic mass is 9.84. The van der Waals surface area contributed by atoms with Crippen molar-refractivity contribution in [3.8, 4) is 0 Å². The molecule has 1 aliphatic carbocycles. The number of hydrogen-bond acceptors (Lipinski definition) is 5. The minimum absolute atomic E-state index is 0.0273. The van der Waals surface area contributed by atoms with E-state index in [2.05, 4.69) is 0 Å².